The average molecular weight is 927 g/mol. The van der Waals surface area contributed by atoms with Crippen LogP contribution in [0, 0.1) is 0 Å². The molecule has 12 aromatic rings. The third-order valence-corrected chi connectivity index (χ3v) is 16.9. The van der Waals surface area contributed by atoms with Crippen LogP contribution in [-0.2, 0) is 16.2 Å². The zero-order valence-corrected chi connectivity index (χ0v) is 41.2. The Balaban J connectivity index is 0.961. The summed E-state index contributed by atoms with van der Waals surface area (Å²) in [4.78, 5) is 6.85. The number of benzene rings is 9. The van der Waals surface area contributed by atoms with E-state index in [-0.39, 0.29) is 16.2 Å². The van der Waals surface area contributed by atoms with Crippen molar-refractivity contribution in [3.8, 4) is 55.6 Å². The zero-order chi connectivity index (χ0) is 48.4. The summed E-state index contributed by atoms with van der Waals surface area (Å²) in [7, 11) is 0. The molecule has 0 unspecified atom stereocenters. The second kappa shape index (κ2) is 14.3. The molecule has 0 spiro atoms. The van der Waals surface area contributed by atoms with E-state index in [1.54, 1.807) is 0 Å². The molecule has 3 aromatic heterocycles. The summed E-state index contributed by atoms with van der Waals surface area (Å²) < 4.78 is 13.9. The minimum atomic E-state index is -0.359. The first kappa shape index (κ1) is 41.3. The number of furan rings is 2. The van der Waals surface area contributed by atoms with Gasteiger partial charge >= 0.3 is 0 Å². The van der Waals surface area contributed by atoms with Gasteiger partial charge in [0.25, 0.3) is 0 Å². The van der Waals surface area contributed by atoms with Crippen molar-refractivity contribution in [3.05, 3.63) is 228 Å². The zero-order valence-electron chi connectivity index (χ0n) is 41.2. The molecule has 3 heterocycles. The highest BCUT2D eigenvalue weighted by atomic mass is 16.3. The molecule has 344 valence electrons. The molecule has 15 rings (SSSR count). The summed E-state index contributed by atoms with van der Waals surface area (Å²) in [6.07, 6.45) is 3.74. The van der Waals surface area contributed by atoms with Gasteiger partial charge in [0.1, 0.15) is 22.3 Å². The molecular weight excluding hydrogens is 877 g/mol. The first-order chi connectivity index (χ1) is 35.0. The van der Waals surface area contributed by atoms with Crippen LogP contribution in [0.1, 0.15) is 74.9 Å². The predicted molar refractivity (Wildman–Crippen MR) is 297 cm³/mol. The number of rotatable bonds is 5. The van der Waals surface area contributed by atoms with Gasteiger partial charge in [-0.1, -0.05) is 157 Å². The number of para-hydroxylation sites is 2. The highest BCUT2D eigenvalue weighted by Gasteiger charge is 2.49. The van der Waals surface area contributed by atoms with Gasteiger partial charge in [0, 0.05) is 78.4 Å². The molecule has 0 atom stereocenters. The van der Waals surface area contributed by atoms with Gasteiger partial charge in [0.15, 0.2) is 0 Å². The second-order valence-corrected chi connectivity index (χ2v) is 21.8. The summed E-state index contributed by atoms with van der Waals surface area (Å²) >= 11 is 0. The molecule has 0 saturated heterocycles. The van der Waals surface area contributed by atoms with E-state index in [2.05, 4.69) is 233 Å². The maximum Gasteiger partial charge on any atom is 0.144 e. The Morgan fingerprint density at radius 2 is 0.903 bits per heavy atom. The number of aromatic nitrogens is 1. The Morgan fingerprint density at radius 3 is 1.62 bits per heavy atom. The summed E-state index contributed by atoms with van der Waals surface area (Å²) in [5.74, 6) is 0. The van der Waals surface area contributed by atoms with Crippen LogP contribution in [-0.4, -0.2) is 4.98 Å². The predicted octanol–water partition coefficient (Wildman–Crippen LogP) is 18.6. The van der Waals surface area contributed by atoms with Crippen molar-refractivity contribution < 1.29 is 8.83 Å². The van der Waals surface area contributed by atoms with Gasteiger partial charge in [-0.3, -0.25) is 4.98 Å². The van der Waals surface area contributed by atoms with Gasteiger partial charge in [0.2, 0.25) is 0 Å². The van der Waals surface area contributed by atoms with Crippen LogP contribution in [0.25, 0.3) is 99.5 Å². The molecule has 0 saturated carbocycles. The molecule has 4 heteroatoms. The first-order valence-corrected chi connectivity index (χ1v) is 25.3. The fourth-order valence-electron chi connectivity index (χ4n) is 13.5. The number of pyridine rings is 1. The molecule has 3 aliphatic carbocycles. The van der Waals surface area contributed by atoms with Crippen LogP contribution in [0.5, 0.6) is 0 Å². The van der Waals surface area contributed by atoms with Crippen LogP contribution in [0.3, 0.4) is 0 Å². The summed E-state index contributed by atoms with van der Waals surface area (Å²) in [5.41, 5.74) is 26.3. The van der Waals surface area contributed by atoms with E-state index >= 15 is 0 Å². The molecule has 0 aliphatic heterocycles. The molecule has 0 bridgehead atoms. The lowest BCUT2D eigenvalue weighted by atomic mass is 9.72. The highest BCUT2D eigenvalue weighted by Crippen LogP contribution is 2.64. The van der Waals surface area contributed by atoms with E-state index in [4.69, 9.17) is 8.83 Å². The van der Waals surface area contributed by atoms with Crippen molar-refractivity contribution in [2.45, 2.75) is 57.8 Å². The normalized spacial score (nSPS) is 15.1. The Morgan fingerprint density at radius 1 is 0.361 bits per heavy atom. The number of hydrogen-bond donors (Lipinski definition) is 0. The van der Waals surface area contributed by atoms with Crippen LogP contribution in [0.2, 0.25) is 0 Å². The molecule has 0 N–H and O–H groups in total. The van der Waals surface area contributed by atoms with E-state index < -0.39 is 0 Å². The number of nitrogens with zero attached hydrogens (tertiary/aromatic N) is 2. The summed E-state index contributed by atoms with van der Waals surface area (Å²) in [6, 6.07) is 66.8. The van der Waals surface area contributed by atoms with Gasteiger partial charge in [0.05, 0.1) is 0 Å². The van der Waals surface area contributed by atoms with Crippen LogP contribution in [0.15, 0.2) is 203 Å². The second-order valence-electron chi connectivity index (χ2n) is 21.8. The van der Waals surface area contributed by atoms with E-state index in [0.29, 0.717) is 0 Å². The Labute approximate surface area is 418 Å². The largest absolute Gasteiger partial charge is 0.455 e. The van der Waals surface area contributed by atoms with Gasteiger partial charge in [-0.05, 0) is 145 Å². The van der Waals surface area contributed by atoms with Crippen LogP contribution in [0.4, 0.5) is 17.1 Å². The average Bonchev–Trinajstić information content (AvgIpc) is 4.16. The van der Waals surface area contributed by atoms with Crippen LogP contribution >= 0.6 is 0 Å². The molecular formula is C68H50N2O2. The maximum absolute atomic E-state index is 7.07. The van der Waals surface area contributed by atoms with Gasteiger partial charge in [-0.2, -0.15) is 0 Å². The molecule has 72 heavy (non-hydrogen) atoms. The topological polar surface area (TPSA) is 42.4 Å². The quantitative estimate of drug-likeness (QED) is 0.172. The fourth-order valence-corrected chi connectivity index (χ4v) is 13.5. The van der Waals surface area contributed by atoms with E-state index in [0.717, 1.165) is 55.9 Å². The van der Waals surface area contributed by atoms with Gasteiger partial charge < -0.3 is 13.7 Å². The minimum absolute atomic E-state index is 0.225. The smallest absolute Gasteiger partial charge is 0.144 e. The van der Waals surface area contributed by atoms with E-state index in [9.17, 15) is 0 Å². The maximum atomic E-state index is 7.07. The minimum Gasteiger partial charge on any atom is -0.455 e. The van der Waals surface area contributed by atoms with Crippen molar-refractivity contribution in [1.29, 1.82) is 0 Å². The molecule has 9 aromatic carbocycles. The Kier molecular flexibility index (Phi) is 8.23. The number of fused-ring (bicyclic) bond motifs is 19. The fraction of sp³-hybridized carbons (Fsp3) is 0.132. The Hall–Kier alpha value is -8.47. The molecule has 0 radical (unpaired) electrons. The number of hydrogen-bond acceptors (Lipinski definition) is 4. The number of anilines is 3. The third kappa shape index (κ3) is 5.39. The standard InChI is InChI=1S/C68H50N2O2/c1-66(2)52-36-43(27-29-46(52)57-54(66)38-50(40-31-33-69-34-32-40)64-59(57)48-22-11-14-25-55(48)71-64)70(42-20-16-19-41(35-42)39-17-8-7-9-18-39)44-28-30-47-53(37-44)68(5,6)63-61(47)65-60(49-23-12-15-26-56(49)72-65)58-45-21-10-13-24-51(45)67(3,4)62(58)63/h7-38H,1-6H3. The molecule has 3 aliphatic rings. The van der Waals surface area contributed by atoms with Gasteiger partial charge in [-0.15, -0.1) is 0 Å². The Bertz CT molecular complexity index is 4300. The van der Waals surface area contributed by atoms with Crippen molar-refractivity contribution >= 4 is 60.9 Å². The van der Waals surface area contributed by atoms with Crippen LogP contribution < -0.4 is 4.90 Å². The lowest BCUT2D eigenvalue weighted by Crippen LogP contribution is -2.24. The highest BCUT2D eigenvalue weighted by molar-refractivity contribution is 6.21. The lowest BCUT2D eigenvalue weighted by molar-refractivity contribution is 0.600. The first-order valence-electron chi connectivity index (χ1n) is 25.3. The molecule has 0 fully saturated rings. The van der Waals surface area contributed by atoms with Crippen molar-refractivity contribution in [3.63, 3.8) is 0 Å². The van der Waals surface area contributed by atoms with Crippen molar-refractivity contribution in [1.82, 2.24) is 4.98 Å². The van der Waals surface area contributed by atoms with E-state index in [1.165, 1.54) is 94.0 Å². The lowest BCUT2D eigenvalue weighted by Gasteiger charge is -2.32. The summed E-state index contributed by atoms with van der Waals surface area (Å²) in [5, 5.41) is 4.69. The third-order valence-electron chi connectivity index (χ3n) is 16.9. The van der Waals surface area contributed by atoms with Crippen molar-refractivity contribution in [2.24, 2.45) is 0 Å². The molecule has 4 nitrogen and oxygen atoms in total. The summed E-state index contributed by atoms with van der Waals surface area (Å²) in [6.45, 7) is 14.5. The van der Waals surface area contributed by atoms with E-state index in [1.807, 2.05) is 12.4 Å². The monoisotopic (exact) mass is 926 g/mol. The SMILES string of the molecule is CC1(C)c2cc(N(c3cccc(-c4ccccc4)c3)c3ccc4c(c3)C(C)(C)c3c5c(c6c(oc7ccccc76)c3-4)-c3ccccc3C5(C)C)ccc2-c2c1cc(-c1ccncc1)c1oc3ccccc3c21. The van der Waals surface area contributed by atoms with Gasteiger partial charge in [-0.25, -0.2) is 0 Å². The molecule has 0 amide bonds. The van der Waals surface area contributed by atoms with Crippen molar-refractivity contribution in [2.75, 3.05) is 4.90 Å².